The lowest BCUT2D eigenvalue weighted by Gasteiger charge is -2.26. The molecule has 1 fully saturated rings. The fraction of sp³-hybridized carbons (Fsp3) is 0.350. The van der Waals surface area contributed by atoms with Gasteiger partial charge in [-0.3, -0.25) is 4.79 Å². The molecule has 2 aromatic carbocycles. The lowest BCUT2D eigenvalue weighted by Crippen LogP contribution is -2.35. The van der Waals surface area contributed by atoms with E-state index in [4.69, 9.17) is 9.47 Å². The summed E-state index contributed by atoms with van der Waals surface area (Å²) in [5, 5.41) is 2.76. The van der Waals surface area contributed by atoms with Gasteiger partial charge in [0.05, 0.1) is 19.1 Å². The lowest BCUT2D eigenvalue weighted by molar-refractivity contribution is 0.102. The average molecular weight is 404 g/mol. The number of anilines is 1. The third-order valence-electron chi connectivity index (χ3n) is 4.69. The van der Waals surface area contributed by atoms with E-state index >= 15 is 0 Å². The van der Waals surface area contributed by atoms with Crippen molar-refractivity contribution in [2.45, 2.75) is 24.2 Å². The third kappa shape index (κ3) is 4.28. The largest absolute Gasteiger partial charge is 0.493 e. The highest BCUT2D eigenvalue weighted by molar-refractivity contribution is 7.89. The number of carbonyl (C=O) groups excluding carboxylic acids is 1. The predicted molar refractivity (Wildman–Crippen MR) is 107 cm³/mol. The summed E-state index contributed by atoms with van der Waals surface area (Å²) in [5.74, 6) is 0.639. The Hall–Kier alpha value is -2.58. The zero-order chi connectivity index (χ0) is 20.1. The van der Waals surface area contributed by atoms with E-state index in [1.807, 2.05) is 0 Å². The summed E-state index contributed by atoms with van der Waals surface area (Å²) in [7, 11) is -0.549. The highest BCUT2D eigenvalue weighted by atomic mass is 32.2. The highest BCUT2D eigenvalue weighted by Crippen LogP contribution is 2.30. The van der Waals surface area contributed by atoms with Crippen molar-refractivity contribution in [2.75, 3.05) is 32.6 Å². The number of amides is 1. The minimum absolute atomic E-state index is 0.134. The zero-order valence-electron chi connectivity index (χ0n) is 16.0. The van der Waals surface area contributed by atoms with Crippen molar-refractivity contribution in [3.8, 4) is 11.5 Å². The second-order valence-electron chi connectivity index (χ2n) is 6.52. The van der Waals surface area contributed by atoms with Crippen LogP contribution in [0.15, 0.2) is 47.4 Å². The number of benzene rings is 2. The molecule has 1 saturated heterocycles. The Morgan fingerprint density at radius 2 is 1.68 bits per heavy atom. The van der Waals surface area contributed by atoms with E-state index in [9.17, 15) is 13.2 Å². The van der Waals surface area contributed by atoms with Gasteiger partial charge in [0.1, 0.15) is 0 Å². The zero-order valence-corrected chi connectivity index (χ0v) is 16.8. The molecule has 0 saturated carbocycles. The number of nitrogens with one attached hydrogen (secondary N) is 1. The third-order valence-corrected chi connectivity index (χ3v) is 6.59. The molecule has 3 rings (SSSR count). The van der Waals surface area contributed by atoms with Crippen LogP contribution in [0.1, 0.15) is 29.6 Å². The molecule has 1 amide bonds. The van der Waals surface area contributed by atoms with Crippen molar-refractivity contribution in [3.05, 3.63) is 48.0 Å². The van der Waals surface area contributed by atoms with Crippen LogP contribution in [0.4, 0.5) is 5.69 Å². The van der Waals surface area contributed by atoms with Gasteiger partial charge in [-0.25, -0.2) is 8.42 Å². The number of rotatable bonds is 6. The molecule has 1 aliphatic rings. The molecular formula is C20H24N2O5S. The van der Waals surface area contributed by atoms with E-state index in [0.717, 1.165) is 19.3 Å². The quantitative estimate of drug-likeness (QED) is 0.800. The first kappa shape index (κ1) is 20.2. The van der Waals surface area contributed by atoms with Crippen LogP contribution in [0.5, 0.6) is 11.5 Å². The van der Waals surface area contributed by atoms with Crippen LogP contribution in [0.25, 0.3) is 0 Å². The molecule has 0 radical (unpaired) electrons. The first-order valence-corrected chi connectivity index (χ1v) is 10.5. The molecular weight excluding hydrogens is 380 g/mol. The van der Waals surface area contributed by atoms with Crippen LogP contribution in [0, 0.1) is 0 Å². The van der Waals surface area contributed by atoms with Gasteiger partial charge in [-0.1, -0.05) is 12.5 Å². The van der Waals surface area contributed by atoms with Gasteiger partial charge in [0.25, 0.3) is 5.91 Å². The molecule has 1 N–H and O–H groups in total. The Morgan fingerprint density at radius 3 is 2.36 bits per heavy atom. The number of hydrogen-bond acceptors (Lipinski definition) is 5. The number of nitrogens with zero attached hydrogens (tertiary/aromatic N) is 1. The minimum Gasteiger partial charge on any atom is -0.493 e. The molecule has 0 aromatic heterocycles. The number of sulfonamides is 1. The standard InChI is InChI=1S/C20H24N2O5S/c1-26-18-10-9-16(14-19(18)27-2)21-20(23)15-7-6-8-17(13-15)28(24,25)22-11-4-3-5-12-22/h6-10,13-14H,3-5,11-12H2,1-2H3,(H,21,23). The van der Waals surface area contributed by atoms with Crippen molar-refractivity contribution in [1.82, 2.24) is 4.31 Å². The van der Waals surface area contributed by atoms with Gasteiger partial charge in [-0.05, 0) is 43.2 Å². The van der Waals surface area contributed by atoms with Crippen molar-refractivity contribution < 1.29 is 22.7 Å². The van der Waals surface area contributed by atoms with E-state index in [1.54, 1.807) is 30.3 Å². The maximum Gasteiger partial charge on any atom is 0.255 e. The number of ether oxygens (including phenoxy) is 2. The van der Waals surface area contributed by atoms with E-state index in [2.05, 4.69) is 5.32 Å². The summed E-state index contributed by atoms with van der Waals surface area (Å²) in [5.41, 5.74) is 0.791. The van der Waals surface area contributed by atoms with Crippen LogP contribution >= 0.6 is 0 Å². The van der Waals surface area contributed by atoms with Gasteiger partial charge in [0.2, 0.25) is 10.0 Å². The Labute approximate surface area is 165 Å². The SMILES string of the molecule is COc1ccc(NC(=O)c2cccc(S(=O)(=O)N3CCCCC3)c2)cc1OC. The van der Waals surface area contributed by atoms with Gasteiger partial charge in [0, 0.05) is 30.4 Å². The molecule has 8 heteroatoms. The average Bonchev–Trinajstić information content (AvgIpc) is 2.74. The van der Waals surface area contributed by atoms with Gasteiger partial charge in [-0.2, -0.15) is 4.31 Å². The normalized spacial score (nSPS) is 15.1. The van der Waals surface area contributed by atoms with Crippen molar-refractivity contribution in [1.29, 1.82) is 0 Å². The molecule has 150 valence electrons. The number of methoxy groups -OCH3 is 2. The van der Waals surface area contributed by atoms with Crippen LogP contribution in [0.3, 0.4) is 0 Å². The Morgan fingerprint density at radius 1 is 0.964 bits per heavy atom. The minimum atomic E-state index is -3.59. The molecule has 1 heterocycles. The maximum absolute atomic E-state index is 12.8. The molecule has 28 heavy (non-hydrogen) atoms. The summed E-state index contributed by atoms with van der Waals surface area (Å²) in [6.45, 7) is 1.04. The van der Waals surface area contributed by atoms with Crippen LogP contribution in [-0.2, 0) is 10.0 Å². The summed E-state index contributed by atoms with van der Waals surface area (Å²) in [4.78, 5) is 12.8. The monoisotopic (exact) mass is 404 g/mol. The topological polar surface area (TPSA) is 84.9 Å². The molecule has 0 atom stereocenters. The van der Waals surface area contributed by atoms with Gasteiger partial charge in [0.15, 0.2) is 11.5 Å². The van der Waals surface area contributed by atoms with E-state index in [0.29, 0.717) is 30.3 Å². The highest BCUT2D eigenvalue weighted by Gasteiger charge is 2.26. The lowest BCUT2D eigenvalue weighted by atomic mass is 10.2. The van der Waals surface area contributed by atoms with Crippen molar-refractivity contribution in [2.24, 2.45) is 0 Å². The first-order chi connectivity index (χ1) is 13.5. The van der Waals surface area contributed by atoms with Gasteiger partial charge in [-0.15, -0.1) is 0 Å². The Bertz CT molecular complexity index is 953. The second-order valence-corrected chi connectivity index (χ2v) is 8.45. The molecule has 0 aliphatic carbocycles. The Balaban J connectivity index is 1.81. The Kier molecular flexibility index (Phi) is 6.21. The van der Waals surface area contributed by atoms with E-state index in [1.165, 1.54) is 30.7 Å². The predicted octanol–water partition coefficient (Wildman–Crippen LogP) is 3.13. The van der Waals surface area contributed by atoms with Crippen LogP contribution < -0.4 is 14.8 Å². The smallest absolute Gasteiger partial charge is 0.255 e. The van der Waals surface area contributed by atoms with Gasteiger partial charge >= 0.3 is 0 Å². The fourth-order valence-corrected chi connectivity index (χ4v) is 4.73. The maximum atomic E-state index is 12.8. The van der Waals surface area contributed by atoms with Crippen LogP contribution in [0.2, 0.25) is 0 Å². The van der Waals surface area contributed by atoms with Crippen molar-refractivity contribution >= 4 is 21.6 Å². The molecule has 0 unspecified atom stereocenters. The summed E-state index contributed by atoms with van der Waals surface area (Å²) < 4.78 is 37.6. The number of piperidine rings is 1. The first-order valence-electron chi connectivity index (χ1n) is 9.09. The van der Waals surface area contributed by atoms with E-state index < -0.39 is 15.9 Å². The molecule has 1 aliphatic heterocycles. The molecule has 7 nitrogen and oxygen atoms in total. The molecule has 2 aromatic rings. The fourth-order valence-electron chi connectivity index (χ4n) is 3.17. The van der Waals surface area contributed by atoms with Crippen LogP contribution in [-0.4, -0.2) is 45.9 Å². The molecule has 0 bridgehead atoms. The summed E-state index contributed by atoms with van der Waals surface area (Å²) in [6, 6.07) is 11.1. The number of carbonyl (C=O) groups is 1. The molecule has 0 spiro atoms. The second kappa shape index (κ2) is 8.62. The summed E-state index contributed by atoms with van der Waals surface area (Å²) >= 11 is 0. The summed E-state index contributed by atoms with van der Waals surface area (Å²) in [6.07, 6.45) is 2.76. The van der Waals surface area contributed by atoms with E-state index in [-0.39, 0.29) is 10.5 Å². The van der Waals surface area contributed by atoms with Gasteiger partial charge < -0.3 is 14.8 Å². The number of hydrogen-bond donors (Lipinski definition) is 1. The van der Waals surface area contributed by atoms with Crippen molar-refractivity contribution in [3.63, 3.8) is 0 Å².